The fourth-order valence-electron chi connectivity index (χ4n) is 1.60. The quantitative estimate of drug-likeness (QED) is 0.578. The van der Waals surface area contributed by atoms with Gasteiger partial charge in [-0.25, -0.2) is 0 Å². The zero-order valence-corrected chi connectivity index (χ0v) is 14.2. The summed E-state index contributed by atoms with van der Waals surface area (Å²) in [6.07, 6.45) is 0. The third kappa shape index (κ3) is 5.17. The van der Waals surface area contributed by atoms with E-state index in [1.807, 2.05) is 32.0 Å². The standard InChI is InChI=1S/C14H18BrNO3S/c1-4-16(8-14(18)19-3)13(17)9-20-12-6-5-11(15)7-10(12)2/h5-7H,4,8-9H2,1-3H3. The molecule has 0 saturated heterocycles. The molecule has 0 unspecified atom stereocenters. The lowest BCUT2D eigenvalue weighted by Crippen LogP contribution is -2.37. The summed E-state index contributed by atoms with van der Waals surface area (Å²) >= 11 is 4.89. The molecule has 0 fully saturated rings. The van der Waals surface area contributed by atoms with Gasteiger partial charge < -0.3 is 9.64 Å². The van der Waals surface area contributed by atoms with Crippen molar-refractivity contribution in [1.82, 2.24) is 4.90 Å². The van der Waals surface area contributed by atoms with E-state index in [9.17, 15) is 9.59 Å². The molecule has 0 aliphatic rings. The molecule has 0 radical (unpaired) electrons. The van der Waals surface area contributed by atoms with Crippen LogP contribution in [0.4, 0.5) is 0 Å². The van der Waals surface area contributed by atoms with Crippen molar-refractivity contribution in [2.24, 2.45) is 0 Å². The molecule has 0 spiro atoms. The second-order valence-electron chi connectivity index (χ2n) is 4.18. The van der Waals surface area contributed by atoms with Crippen LogP contribution < -0.4 is 0 Å². The van der Waals surface area contributed by atoms with Gasteiger partial charge in [0.05, 0.1) is 12.9 Å². The number of aryl methyl sites for hydroxylation is 1. The number of carbonyl (C=O) groups excluding carboxylic acids is 2. The third-order valence-corrected chi connectivity index (χ3v) is 4.42. The van der Waals surface area contributed by atoms with Crippen molar-refractivity contribution in [3.8, 4) is 0 Å². The van der Waals surface area contributed by atoms with E-state index in [0.29, 0.717) is 12.3 Å². The van der Waals surface area contributed by atoms with Crippen LogP contribution in [0.5, 0.6) is 0 Å². The fraction of sp³-hybridized carbons (Fsp3) is 0.429. The lowest BCUT2D eigenvalue weighted by Gasteiger charge is -2.19. The Bertz CT molecular complexity index is 493. The SMILES string of the molecule is CCN(CC(=O)OC)C(=O)CSc1ccc(Br)cc1C. The molecule has 0 aliphatic carbocycles. The Hall–Kier alpha value is -1.01. The van der Waals surface area contributed by atoms with Crippen molar-refractivity contribution in [3.05, 3.63) is 28.2 Å². The number of thioether (sulfide) groups is 1. The lowest BCUT2D eigenvalue weighted by atomic mass is 10.2. The Morgan fingerprint density at radius 3 is 2.65 bits per heavy atom. The van der Waals surface area contributed by atoms with Gasteiger partial charge in [-0.3, -0.25) is 9.59 Å². The molecule has 1 rings (SSSR count). The van der Waals surface area contributed by atoms with Gasteiger partial charge in [-0.15, -0.1) is 11.8 Å². The number of esters is 1. The molecule has 0 atom stereocenters. The maximum atomic E-state index is 12.1. The average Bonchev–Trinajstić information content (AvgIpc) is 2.43. The van der Waals surface area contributed by atoms with E-state index in [1.54, 1.807) is 0 Å². The maximum Gasteiger partial charge on any atom is 0.325 e. The van der Waals surface area contributed by atoms with E-state index in [-0.39, 0.29) is 12.5 Å². The van der Waals surface area contributed by atoms with Crippen molar-refractivity contribution in [3.63, 3.8) is 0 Å². The van der Waals surface area contributed by atoms with Crippen LogP contribution in [0.3, 0.4) is 0 Å². The van der Waals surface area contributed by atoms with E-state index in [0.717, 1.165) is 14.9 Å². The minimum atomic E-state index is -0.398. The normalized spacial score (nSPS) is 10.2. The Labute approximate surface area is 132 Å². The number of rotatable bonds is 6. The summed E-state index contributed by atoms with van der Waals surface area (Å²) in [5.41, 5.74) is 1.12. The largest absolute Gasteiger partial charge is 0.468 e. The average molecular weight is 360 g/mol. The van der Waals surface area contributed by atoms with Crippen LogP contribution in [-0.4, -0.2) is 42.7 Å². The maximum absolute atomic E-state index is 12.1. The van der Waals surface area contributed by atoms with Crippen LogP contribution in [0.2, 0.25) is 0 Å². The first-order chi connectivity index (χ1) is 9.47. The van der Waals surface area contributed by atoms with E-state index >= 15 is 0 Å². The van der Waals surface area contributed by atoms with Crippen LogP contribution in [0.1, 0.15) is 12.5 Å². The fourth-order valence-corrected chi connectivity index (χ4v) is 2.99. The lowest BCUT2D eigenvalue weighted by molar-refractivity contribution is -0.146. The molecule has 0 saturated carbocycles. The third-order valence-electron chi connectivity index (χ3n) is 2.77. The number of halogens is 1. The molecular weight excluding hydrogens is 342 g/mol. The predicted molar refractivity (Wildman–Crippen MR) is 83.9 cm³/mol. The van der Waals surface area contributed by atoms with Gasteiger partial charge in [0.15, 0.2) is 0 Å². The molecule has 0 heterocycles. The Morgan fingerprint density at radius 1 is 1.40 bits per heavy atom. The summed E-state index contributed by atoms with van der Waals surface area (Å²) in [6.45, 7) is 4.35. The van der Waals surface area contributed by atoms with Crippen molar-refractivity contribution >= 4 is 39.6 Å². The molecule has 0 aliphatic heterocycles. The topological polar surface area (TPSA) is 46.6 Å². The number of nitrogens with zero attached hydrogens (tertiary/aromatic N) is 1. The number of amides is 1. The number of methoxy groups -OCH3 is 1. The van der Waals surface area contributed by atoms with Gasteiger partial charge in [0.25, 0.3) is 0 Å². The van der Waals surface area contributed by atoms with Crippen LogP contribution in [-0.2, 0) is 14.3 Å². The Morgan fingerprint density at radius 2 is 2.10 bits per heavy atom. The first kappa shape index (κ1) is 17.0. The highest BCUT2D eigenvalue weighted by Gasteiger charge is 2.16. The summed E-state index contributed by atoms with van der Waals surface area (Å²) < 4.78 is 5.60. The van der Waals surface area contributed by atoms with E-state index in [4.69, 9.17) is 0 Å². The highest BCUT2D eigenvalue weighted by atomic mass is 79.9. The molecule has 20 heavy (non-hydrogen) atoms. The molecule has 1 aromatic rings. The second-order valence-corrected chi connectivity index (χ2v) is 6.12. The summed E-state index contributed by atoms with van der Waals surface area (Å²) in [7, 11) is 1.32. The number of hydrogen-bond donors (Lipinski definition) is 0. The van der Waals surface area contributed by atoms with Gasteiger partial charge in [-0.05, 0) is 37.6 Å². The molecule has 0 bridgehead atoms. The van der Waals surface area contributed by atoms with Crippen LogP contribution in [0, 0.1) is 6.92 Å². The highest BCUT2D eigenvalue weighted by molar-refractivity contribution is 9.10. The van der Waals surface area contributed by atoms with E-state index in [2.05, 4.69) is 20.7 Å². The first-order valence-corrected chi connectivity index (χ1v) is 7.99. The van der Waals surface area contributed by atoms with Gasteiger partial charge in [0, 0.05) is 15.9 Å². The van der Waals surface area contributed by atoms with Crippen LogP contribution >= 0.6 is 27.7 Å². The molecule has 6 heteroatoms. The number of likely N-dealkylation sites (N-methyl/N-ethyl adjacent to an activating group) is 1. The number of hydrogen-bond acceptors (Lipinski definition) is 4. The van der Waals surface area contributed by atoms with E-state index < -0.39 is 5.97 Å². The van der Waals surface area contributed by atoms with Gasteiger partial charge in [-0.2, -0.15) is 0 Å². The van der Waals surface area contributed by atoms with Crippen molar-refractivity contribution in [2.75, 3.05) is 26.0 Å². The van der Waals surface area contributed by atoms with Crippen molar-refractivity contribution < 1.29 is 14.3 Å². The molecule has 4 nitrogen and oxygen atoms in total. The van der Waals surface area contributed by atoms with Gasteiger partial charge >= 0.3 is 5.97 Å². The zero-order valence-electron chi connectivity index (χ0n) is 11.8. The summed E-state index contributed by atoms with van der Waals surface area (Å²) in [5.74, 6) is -0.150. The van der Waals surface area contributed by atoms with Crippen molar-refractivity contribution in [1.29, 1.82) is 0 Å². The first-order valence-electron chi connectivity index (χ1n) is 6.21. The number of carbonyl (C=O) groups is 2. The molecule has 0 N–H and O–H groups in total. The predicted octanol–water partition coefficient (Wildman–Crippen LogP) is 2.87. The minimum absolute atomic E-state index is 0.00567. The highest BCUT2D eigenvalue weighted by Crippen LogP contribution is 2.25. The van der Waals surface area contributed by atoms with Gasteiger partial charge in [-0.1, -0.05) is 15.9 Å². The zero-order chi connectivity index (χ0) is 15.1. The Balaban J connectivity index is 2.58. The van der Waals surface area contributed by atoms with Crippen LogP contribution in [0.15, 0.2) is 27.6 Å². The van der Waals surface area contributed by atoms with E-state index in [1.165, 1.54) is 23.8 Å². The minimum Gasteiger partial charge on any atom is -0.468 e. The molecule has 0 aromatic heterocycles. The van der Waals surface area contributed by atoms with Gasteiger partial charge in [0.1, 0.15) is 6.54 Å². The molecule has 110 valence electrons. The summed E-state index contributed by atoms with van der Waals surface area (Å²) in [6, 6.07) is 5.94. The monoisotopic (exact) mass is 359 g/mol. The second kappa shape index (κ2) is 8.32. The van der Waals surface area contributed by atoms with Crippen LogP contribution in [0.25, 0.3) is 0 Å². The Kier molecular flexibility index (Phi) is 7.09. The van der Waals surface area contributed by atoms with Gasteiger partial charge in [0.2, 0.25) is 5.91 Å². The number of ether oxygens (including phenoxy) is 1. The smallest absolute Gasteiger partial charge is 0.325 e. The van der Waals surface area contributed by atoms with Crippen molar-refractivity contribution in [2.45, 2.75) is 18.7 Å². The summed E-state index contributed by atoms with van der Waals surface area (Å²) in [5, 5.41) is 0. The molecule has 1 aromatic carbocycles. The summed E-state index contributed by atoms with van der Waals surface area (Å²) in [4.78, 5) is 25.8. The number of benzene rings is 1. The molecule has 1 amide bonds. The molecular formula is C14H18BrNO3S.